The van der Waals surface area contributed by atoms with Crippen LogP contribution < -0.4 is 4.72 Å². The van der Waals surface area contributed by atoms with Gasteiger partial charge >= 0.3 is 0 Å². The van der Waals surface area contributed by atoms with Crippen LogP contribution in [0.15, 0.2) is 29.2 Å². The van der Waals surface area contributed by atoms with Crippen molar-refractivity contribution < 1.29 is 8.42 Å². The van der Waals surface area contributed by atoms with E-state index in [1.54, 1.807) is 25.1 Å². The standard InChI is InChI=1S/C13H16N2O2S/c1-10-5-2-3-8-13(10)18(16,17)15-12-7-4-6-11(12)9-14/h2-3,5,8,11-12,15H,4,6-7H2,1H3. The highest BCUT2D eigenvalue weighted by Crippen LogP contribution is 2.26. The molecule has 1 fully saturated rings. The number of rotatable bonds is 3. The Morgan fingerprint density at radius 2 is 2.06 bits per heavy atom. The van der Waals surface area contributed by atoms with Gasteiger partial charge in [0.05, 0.1) is 16.9 Å². The number of hydrogen-bond acceptors (Lipinski definition) is 3. The van der Waals surface area contributed by atoms with Crippen molar-refractivity contribution in [2.45, 2.75) is 37.1 Å². The summed E-state index contributed by atoms with van der Waals surface area (Å²) in [6, 6.07) is 8.80. The van der Waals surface area contributed by atoms with E-state index in [4.69, 9.17) is 5.26 Å². The fraction of sp³-hybridized carbons (Fsp3) is 0.462. The number of aryl methyl sites for hydroxylation is 1. The summed E-state index contributed by atoms with van der Waals surface area (Å²) in [5.41, 5.74) is 0.719. The highest BCUT2D eigenvalue weighted by Gasteiger charge is 2.31. The predicted octanol–water partition coefficient (Wildman–Crippen LogP) is 1.97. The lowest BCUT2D eigenvalue weighted by Crippen LogP contribution is -2.37. The van der Waals surface area contributed by atoms with Crippen molar-refractivity contribution in [3.05, 3.63) is 29.8 Å². The van der Waals surface area contributed by atoms with Gasteiger partial charge < -0.3 is 0 Å². The van der Waals surface area contributed by atoms with Crippen LogP contribution in [0.1, 0.15) is 24.8 Å². The highest BCUT2D eigenvalue weighted by molar-refractivity contribution is 7.89. The molecule has 0 aromatic heterocycles. The molecule has 1 aliphatic rings. The first-order valence-electron chi connectivity index (χ1n) is 6.02. The van der Waals surface area contributed by atoms with Crippen LogP contribution in [0, 0.1) is 24.2 Å². The van der Waals surface area contributed by atoms with E-state index in [9.17, 15) is 8.42 Å². The first-order valence-corrected chi connectivity index (χ1v) is 7.50. The van der Waals surface area contributed by atoms with Crippen molar-refractivity contribution in [3.63, 3.8) is 0 Å². The zero-order chi connectivity index (χ0) is 13.2. The Kier molecular flexibility index (Phi) is 3.69. The fourth-order valence-corrected chi connectivity index (χ4v) is 3.93. The number of hydrogen-bond donors (Lipinski definition) is 1. The quantitative estimate of drug-likeness (QED) is 0.907. The highest BCUT2D eigenvalue weighted by atomic mass is 32.2. The first kappa shape index (κ1) is 13.1. The van der Waals surface area contributed by atoms with Crippen LogP contribution in [-0.2, 0) is 10.0 Å². The van der Waals surface area contributed by atoms with Gasteiger partial charge in [-0.3, -0.25) is 0 Å². The molecule has 0 heterocycles. The molecule has 96 valence electrons. The van der Waals surface area contributed by atoms with Gasteiger partial charge in [-0.05, 0) is 31.4 Å². The van der Waals surface area contributed by atoms with Crippen LogP contribution >= 0.6 is 0 Å². The number of nitrogens with one attached hydrogen (secondary N) is 1. The van der Waals surface area contributed by atoms with Gasteiger partial charge in [-0.15, -0.1) is 0 Å². The predicted molar refractivity (Wildman–Crippen MR) is 68.2 cm³/mol. The summed E-state index contributed by atoms with van der Waals surface area (Å²) < 4.78 is 27.2. The molecular weight excluding hydrogens is 248 g/mol. The third-order valence-corrected chi connectivity index (χ3v) is 5.02. The molecule has 2 atom stereocenters. The van der Waals surface area contributed by atoms with E-state index >= 15 is 0 Å². The zero-order valence-electron chi connectivity index (χ0n) is 10.3. The maximum absolute atomic E-state index is 12.2. The van der Waals surface area contributed by atoms with E-state index in [2.05, 4.69) is 10.8 Å². The molecule has 0 amide bonds. The summed E-state index contributed by atoms with van der Waals surface area (Å²) in [6.07, 6.45) is 2.42. The number of benzene rings is 1. The van der Waals surface area contributed by atoms with Crippen molar-refractivity contribution >= 4 is 10.0 Å². The van der Waals surface area contributed by atoms with Crippen molar-refractivity contribution in [2.24, 2.45) is 5.92 Å². The van der Waals surface area contributed by atoms with Crippen molar-refractivity contribution in [3.8, 4) is 6.07 Å². The molecule has 4 nitrogen and oxygen atoms in total. The van der Waals surface area contributed by atoms with Crippen molar-refractivity contribution in [1.29, 1.82) is 5.26 Å². The SMILES string of the molecule is Cc1ccccc1S(=O)(=O)NC1CCCC1C#N. The van der Waals surface area contributed by atoms with Crippen LogP contribution in [0.2, 0.25) is 0 Å². The summed E-state index contributed by atoms with van der Waals surface area (Å²) in [5.74, 6) is -0.205. The Labute approximate surface area is 108 Å². The van der Waals surface area contributed by atoms with E-state index in [0.717, 1.165) is 24.8 Å². The summed E-state index contributed by atoms with van der Waals surface area (Å²) in [4.78, 5) is 0.300. The molecule has 1 saturated carbocycles. The maximum Gasteiger partial charge on any atom is 0.241 e. The number of nitriles is 1. The summed E-state index contributed by atoms with van der Waals surface area (Å²) in [5, 5.41) is 8.97. The smallest absolute Gasteiger partial charge is 0.207 e. The zero-order valence-corrected chi connectivity index (χ0v) is 11.1. The molecule has 0 saturated heterocycles. The van der Waals surface area contributed by atoms with Crippen molar-refractivity contribution in [2.75, 3.05) is 0 Å². The van der Waals surface area contributed by atoms with Gasteiger partial charge in [0.1, 0.15) is 0 Å². The molecule has 0 spiro atoms. The molecule has 1 aliphatic carbocycles. The van der Waals surface area contributed by atoms with E-state index in [0.29, 0.717) is 4.90 Å². The van der Waals surface area contributed by atoms with E-state index in [-0.39, 0.29) is 12.0 Å². The maximum atomic E-state index is 12.2. The largest absolute Gasteiger partial charge is 0.241 e. The van der Waals surface area contributed by atoms with Gasteiger partial charge in [0.15, 0.2) is 0 Å². The Morgan fingerprint density at radius 1 is 1.33 bits per heavy atom. The van der Waals surface area contributed by atoms with Crippen LogP contribution in [-0.4, -0.2) is 14.5 Å². The molecule has 0 radical (unpaired) electrons. The Morgan fingerprint density at radius 3 is 2.72 bits per heavy atom. The molecule has 2 rings (SSSR count). The third-order valence-electron chi connectivity index (χ3n) is 3.37. The lowest BCUT2D eigenvalue weighted by molar-refractivity contribution is 0.515. The summed E-state index contributed by atoms with van der Waals surface area (Å²) in [7, 11) is -3.52. The first-order chi connectivity index (χ1) is 8.54. The Hall–Kier alpha value is -1.38. The molecule has 5 heteroatoms. The van der Waals surface area contributed by atoms with Gasteiger partial charge in [0.25, 0.3) is 0 Å². The third kappa shape index (κ3) is 2.55. The average Bonchev–Trinajstić information content (AvgIpc) is 2.76. The minimum Gasteiger partial charge on any atom is -0.207 e. The van der Waals surface area contributed by atoms with E-state index in [1.165, 1.54) is 0 Å². The number of nitrogens with zero attached hydrogens (tertiary/aromatic N) is 1. The minimum atomic E-state index is -3.52. The summed E-state index contributed by atoms with van der Waals surface area (Å²) >= 11 is 0. The molecule has 18 heavy (non-hydrogen) atoms. The Bertz CT molecular complexity index is 575. The number of sulfonamides is 1. The fourth-order valence-electron chi connectivity index (χ4n) is 2.38. The molecule has 1 aromatic rings. The van der Waals surface area contributed by atoms with Crippen LogP contribution in [0.5, 0.6) is 0 Å². The van der Waals surface area contributed by atoms with Gasteiger partial charge in [0, 0.05) is 6.04 Å². The molecule has 2 unspecified atom stereocenters. The normalized spacial score (nSPS) is 23.8. The average molecular weight is 264 g/mol. The minimum absolute atomic E-state index is 0.205. The Balaban J connectivity index is 2.23. The topological polar surface area (TPSA) is 70.0 Å². The molecule has 0 bridgehead atoms. The second-order valence-corrected chi connectivity index (χ2v) is 6.34. The van der Waals surface area contributed by atoms with Crippen LogP contribution in [0.25, 0.3) is 0 Å². The van der Waals surface area contributed by atoms with Gasteiger partial charge in [-0.2, -0.15) is 5.26 Å². The van der Waals surface area contributed by atoms with Crippen LogP contribution in [0.3, 0.4) is 0 Å². The van der Waals surface area contributed by atoms with Gasteiger partial charge in [-0.25, -0.2) is 13.1 Å². The van der Waals surface area contributed by atoms with Gasteiger partial charge in [0.2, 0.25) is 10.0 Å². The lowest BCUT2D eigenvalue weighted by atomic mass is 10.1. The van der Waals surface area contributed by atoms with Gasteiger partial charge in [-0.1, -0.05) is 24.6 Å². The van der Waals surface area contributed by atoms with E-state index < -0.39 is 10.0 Å². The van der Waals surface area contributed by atoms with E-state index in [1.807, 2.05) is 6.07 Å². The molecule has 1 N–H and O–H groups in total. The monoisotopic (exact) mass is 264 g/mol. The second-order valence-electron chi connectivity index (χ2n) is 4.66. The van der Waals surface area contributed by atoms with Crippen LogP contribution in [0.4, 0.5) is 0 Å². The molecule has 1 aromatic carbocycles. The second kappa shape index (κ2) is 5.09. The summed E-state index contributed by atoms with van der Waals surface area (Å²) in [6.45, 7) is 1.77. The lowest BCUT2D eigenvalue weighted by Gasteiger charge is -2.16. The molecular formula is C13H16N2O2S. The van der Waals surface area contributed by atoms with Crippen molar-refractivity contribution in [1.82, 2.24) is 4.72 Å². The molecule has 0 aliphatic heterocycles.